The number of hydrogen-bond donors (Lipinski definition) is 2. The van der Waals surface area contributed by atoms with E-state index in [4.69, 9.17) is 5.26 Å². The van der Waals surface area contributed by atoms with Crippen LogP contribution in [0, 0.1) is 11.3 Å². The smallest absolute Gasteiger partial charge is 0.271 e. The van der Waals surface area contributed by atoms with Gasteiger partial charge in [0.05, 0.1) is 11.3 Å². The topological polar surface area (TPSA) is 82.0 Å². The standard InChI is InChI=1S/C10H10BrN3O2S/c11-10-5-9(2-1-7(10)6-12)14-17(15,16)13-8-3-4-8/h1-2,5,8,13-14H,3-4H2. The average Bonchev–Trinajstić information content (AvgIpc) is 3.00. The van der Waals surface area contributed by atoms with Crippen molar-refractivity contribution in [3.63, 3.8) is 0 Å². The third kappa shape index (κ3) is 3.43. The molecule has 90 valence electrons. The molecule has 0 amide bonds. The number of anilines is 1. The van der Waals surface area contributed by atoms with Gasteiger partial charge in [-0.2, -0.15) is 18.4 Å². The van der Waals surface area contributed by atoms with E-state index in [9.17, 15) is 8.42 Å². The summed E-state index contributed by atoms with van der Waals surface area (Å²) in [4.78, 5) is 0. The number of nitrogens with zero attached hydrogens (tertiary/aromatic N) is 1. The van der Waals surface area contributed by atoms with Crippen LogP contribution < -0.4 is 9.44 Å². The molecule has 7 heteroatoms. The Bertz CT molecular complexity index is 576. The summed E-state index contributed by atoms with van der Waals surface area (Å²) in [6.45, 7) is 0. The normalized spacial score (nSPS) is 15.3. The first-order valence-corrected chi connectivity index (χ1v) is 7.27. The number of benzene rings is 1. The van der Waals surface area contributed by atoms with Crippen molar-refractivity contribution in [3.05, 3.63) is 28.2 Å². The first-order valence-electron chi connectivity index (χ1n) is 5.00. The number of rotatable bonds is 4. The Morgan fingerprint density at radius 2 is 2.12 bits per heavy atom. The molecule has 1 saturated carbocycles. The Morgan fingerprint density at radius 3 is 2.65 bits per heavy atom. The van der Waals surface area contributed by atoms with Crippen LogP contribution >= 0.6 is 15.9 Å². The van der Waals surface area contributed by atoms with Gasteiger partial charge >= 0.3 is 0 Å². The van der Waals surface area contributed by atoms with Crippen molar-refractivity contribution >= 4 is 31.8 Å². The summed E-state index contributed by atoms with van der Waals surface area (Å²) in [6, 6.07) is 6.72. The number of nitrogens with one attached hydrogen (secondary N) is 2. The van der Waals surface area contributed by atoms with Crippen LogP contribution in [0.1, 0.15) is 18.4 Å². The van der Waals surface area contributed by atoms with E-state index in [1.165, 1.54) is 0 Å². The van der Waals surface area contributed by atoms with E-state index in [-0.39, 0.29) is 6.04 Å². The Balaban J connectivity index is 2.13. The molecule has 0 aromatic heterocycles. The van der Waals surface area contributed by atoms with E-state index in [1.807, 2.05) is 6.07 Å². The summed E-state index contributed by atoms with van der Waals surface area (Å²) >= 11 is 3.20. The molecule has 0 heterocycles. The summed E-state index contributed by atoms with van der Waals surface area (Å²) in [5.74, 6) is 0. The van der Waals surface area contributed by atoms with Gasteiger partial charge in [0.25, 0.3) is 10.2 Å². The minimum Gasteiger partial charge on any atom is -0.271 e. The van der Waals surface area contributed by atoms with Crippen molar-refractivity contribution in [2.24, 2.45) is 0 Å². The van der Waals surface area contributed by atoms with Gasteiger partial charge in [0.2, 0.25) is 0 Å². The molecule has 0 unspecified atom stereocenters. The third-order valence-corrected chi connectivity index (χ3v) is 4.05. The highest BCUT2D eigenvalue weighted by Gasteiger charge is 2.26. The highest BCUT2D eigenvalue weighted by molar-refractivity contribution is 9.10. The van der Waals surface area contributed by atoms with Crippen LogP contribution in [0.3, 0.4) is 0 Å². The fourth-order valence-electron chi connectivity index (χ4n) is 1.27. The van der Waals surface area contributed by atoms with E-state index in [0.29, 0.717) is 15.7 Å². The second-order valence-corrected chi connectivity index (χ2v) is 6.11. The number of nitriles is 1. The van der Waals surface area contributed by atoms with Crippen LogP contribution in [-0.2, 0) is 10.2 Å². The SMILES string of the molecule is N#Cc1ccc(NS(=O)(=O)NC2CC2)cc1Br. The minimum absolute atomic E-state index is 0.0642. The van der Waals surface area contributed by atoms with Crippen LogP contribution in [0.5, 0.6) is 0 Å². The van der Waals surface area contributed by atoms with Crippen LogP contribution in [0.25, 0.3) is 0 Å². The van der Waals surface area contributed by atoms with Crippen molar-refractivity contribution in [1.29, 1.82) is 5.26 Å². The molecule has 1 aliphatic rings. The van der Waals surface area contributed by atoms with Crippen molar-refractivity contribution in [2.45, 2.75) is 18.9 Å². The summed E-state index contributed by atoms with van der Waals surface area (Å²) in [6.07, 6.45) is 1.77. The van der Waals surface area contributed by atoms with Crippen LogP contribution in [0.2, 0.25) is 0 Å². The van der Waals surface area contributed by atoms with E-state index >= 15 is 0 Å². The quantitative estimate of drug-likeness (QED) is 0.887. The van der Waals surface area contributed by atoms with Gasteiger partial charge < -0.3 is 0 Å². The first kappa shape index (κ1) is 12.4. The predicted molar refractivity (Wildman–Crippen MR) is 67.6 cm³/mol. The molecular formula is C10H10BrN3O2S. The largest absolute Gasteiger partial charge is 0.299 e. The Hall–Kier alpha value is -1.10. The van der Waals surface area contributed by atoms with Crippen molar-refractivity contribution < 1.29 is 8.42 Å². The van der Waals surface area contributed by atoms with Gasteiger partial charge in [0, 0.05) is 10.5 Å². The molecule has 17 heavy (non-hydrogen) atoms. The molecule has 5 nitrogen and oxygen atoms in total. The Kier molecular flexibility index (Phi) is 3.38. The lowest BCUT2D eigenvalue weighted by Gasteiger charge is -2.09. The van der Waals surface area contributed by atoms with Gasteiger partial charge in [0.1, 0.15) is 6.07 Å². The second-order valence-electron chi connectivity index (χ2n) is 3.80. The van der Waals surface area contributed by atoms with Gasteiger partial charge in [-0.25, -0.2) is 0 Å². The highest BCUT2D eigenvalue weighted by Crippen LogP contribution is 2.23. The predicted octanol–water partition coefficient (Wildman–Crippen LogP) is 1.73. The number of halogens is 1. The molecule has 0 bridgehead atoms. The maximum Gasteiger partial charge on any atom is 0.299 e. The molecule has 0 saturated heterocycles. The van der Waals surface area contributed by atoms with Gasteiger partial charge in [-0.1, -0.05) is 0 Å². The fraction of sp³-hybridized carbons (Fsp3) is 0.300. The lowest BCUT2D eigenvalue weighted by Crippen LogP contribution is -2.31. The van der Waals surface area contributed by atoms with Gasteiger partial charge in [0.15, 0.2) is 0 Å². The maximum atomic E-state index is 11.6. The zero-order valence-corrected chi connectivity index (χ0v) is 11.2. The van der Waals surface area contributed by atoms with Gasteiger partial charge in [-0.05, 0) is 47.0 Å². The zero-order valence-electron chi connectivity index (χ0n) is 8.77. The van der Waals surface area contributed by atoms with E-state index in [0.717, 1.165) is 12.8 Å². The molecule has 0 spiro atoms. The molecule has 1 fully saturated rings. The summed E-state index contributed by atoms with van der Waals surface area (Å²) in [5.41, 5.74) is 0.882. The van der Waals surface area contributed by atoms with E-state index < -0.39 is 10.2 Å². The molecule has 1 aromatic rings. The van der Waals surface area contributed by atoms with Crippen LogP contribution in [0.4, 0.5) is 5.69 Å². The fourth-order valence-corrected chi connectivity index (χ4v) is 2.91. The van der Waals surface area contributed by atoms with Crippen LogP contribution in [-0.4, -0.2) is 14.5 Å². The molecule has 0 radical (unpaired) electrons. The zero-order chi connectivity index (χ0) is 12.5. The minimum atomic E-state index is -3.51. The van der Waals surface area contributed by atoms with E-state index in [2.05, 4.69) is 25.4 Å². The molecule has 1 aliphatic carbocycles. The molecule has 0 atom stereocenters. The van der Waals surface area contributed by atoms with Crippen molar-refractivity contribution in [2.75, 3.05) is 4.72 Å². The summed E-state index contributed by atoms with van der Waals surface area (Å²) in [5, 5.41) is 8.74. The monoisotopic (exact) mass is 315 g/mol. The first-order chi connectivity index (χ1) is 8.00. The lowest BCUT2D eigenvalue weighted by molar-refractivity contribution is 0.586. The maximum absolute atomic E-state index is 11.6. The average molecular weight is 316 g/mol. The van der Waals surface area contributed by atoms with E-state index in [1.54, 1.807) is 18.2 Å². The number of hydrogen-bond acceptors (Lipinski definition) is 3. The second kappa shape index (κ2) is 4.64. The summed E-state index contributed by atoms with van der Waals surface area (Å²) < 4.78 is 28.7. The Labute approximate surface area is 108 Å². The third-order valence-electron chi connectivity index (χ3n) is 2.24. The summed E-state index contributed by atoms with van der Waals surface area (Å²) in [7, 11) is -3.51. The molecule has 1 aromatic carbocycles. The molecule has 2 N–H and O–H groups in total. The highest BCUT2D eigenvalue weighted by atomic mass is 79.9. The lowest BCUT2D eigenvalue weighted by atomic mass is 10.2. The Morgan fingerprint density at radius 1 is 1.41 bits per heavy atom. The van der Waals surface area contributed by atoms with Gasteiger partial charge in [-0.3, -0.25) is 4.72 Å². The van der Waals surface area contributed by atoms with Gasteiger partial charge in [-0.15, -0.1) is 0 Å². The molecule has 0 aliphatic heterocycles. The van der Waals surface area contributed by atoms with Crippen molar-refractivity contribution in [1.82, 2.24) is 4.72 Å². The molecule has 2 rings (SSSR count). The molecular weight excluding hydrogens is 306 g/mol. The van der Waals surface area contributed by atoms with Crippen LogP contribution in [0.15, 0.2) is 22.7 Å². The van der Waals surface area contributed by atoms with Crippen molar-refractivity contribution in [3.8, 4) is 6.07 Å².